The normalized spacial score (nSPS) is 14.7. The van der Waals surface area contributed by atoms with E-state index in [-0.39, 0.29) is 18.8 Å². The third-order valence-electron chi connectivity index (χ3n) is 3.45. The summed E-state index contributed by atoms with van der Waals surface area (Å²) in [5.74, 6) is -3.46. The fourth-order valence-corrected chi connectivity index (χ4v) is 3.27. The number of rotatable bonds is 7. The molecule has 2 atom stereocenters. The Labute approximate surface area is 160 Å². The first-order valence-electron chi connectivity index (χ1n) is 7.34. The minimum atomic E-state index is -1.77. The van der Waals surface area contributed by atoms with Crippen molar-refractivity contribution in [2.24, 2.45) is 0 Å². The van der Waals surface area contributed by atoms with Gasteiger partial charge in [-0.1, -0.05) is 15.9 Å². The third kappa shape index (κ3) is 4.91. The van der Waals surface area contributed by atoms with E-state index in [1.165, 1.54) is 6.92 Å². The number of benzene rings is 2. The van der Waals surface area contributed by atoms with Crippen molar-refractivity contribution in [3.05, 3.63) is 57.0 Å². The van der Waals surface area contributed by atoms with Gasteiger partial charge < -0.3 is 19.7 Å². The van der Waals surface area contributed by atoms with Crippen LogP contribution in [0.5, 0.6) is 11.5 Å². The Morgan fingerprint density at radius 3 is 2.28 bits per heavy atom. The Balaban J connectivity index is 2.42. The molecule has 0 bridgehead atoms. The van der Waals surface area contributed by atoms with Gasteiger partial charge in [-0.3, -0.25) is 0 Å². The van der Waals surface area contributed by atoms with Crippen molar-refractivity contribution in [2.75, 3.05) is 6.61 Å². The average Bonchev–Trinajstić information content (AvgIpc) is 2.52. The number of hydrogen-bond donors (Lipinski definition) is 2. The molecule has 2 unspecified atom stereocenters. The summed E-state index contributed by atoms with van der Waals surface area (Å²) in [7, 11) is 0. The predicted molar refractivity (Wildman–Crippen MR) is 95.6 cm³/mol. The standard InChI is InChI=1S/C17H16Br2F2O4/c1-10(23)17(6-7-22,24-15-4-2-11(18)8-13(15)19)25-16-5-3-12(20)9-14(16)21/h2-5,8-10,22-23H,6-7H2,1H3. The summed E-state index contributed by atoms with van der Waals surface area (Å²) in [4.78, 5) is 0. The molecule has 0 saturated heterocycles. The van der Waals surface area contributed by atoms with Crippen LogP contribution in [0.25, 0.3) is 0 Å². The maximum absolute atomic E-state index is 14.0. The van der Waals surface area contributed by atoms with Gasteiger partial charge in [-0.05, 0) is 53.2 Å². The molecule has 0 spiro atoms. The second-order valence-electron chi connectivity index (χ2n) is 5.32. The number of hydrogen-bond acceptors (Lipinski definition) is 4. The van der Waals surface area contributed by atoms with Crippen LogP contribution in [0.15, 0.2) is 45.3 Å². The number of aliphatic hydroxyl groups excluding tert-OH is 2. The Morgan fingerprint density at radius 2 is 1.72 bits per heavy atom. The van der Waals surface area contributed by atoms with Gasteiger partial charge in [0.25, 0.3) is 5.79 Å². The zero-order chi connectivity index (χ0) is 18.6. The lowest BCUT2D eigenvalue weighted by molar-refractivity contribution is -0.190. The first-order chi connectivity index (χ1) is 11.8. The molecule has 2 aromatic rings. The van der Waals surface area contributed by atoms with Gasteiger partial charge in [-0.15, -0.1) is 0 Å². The van der Waals surface area contributed by atoms with E-state index in [1.807, 2.05) is 0 Å². The SMILES string of the molecule is CC(O)C(CCO)(Oc1ccc(F)cc1F)Oc1ccc(Br)cc1Br. The van der Waals surface area contributed by atoms with Gasteiger partial charge in [0.2, 0.25) is 0 Å². The van der Waals surface area contributed by atoms with Crippen molar-refractivity contribution in [1.29, 1.82) is 0 Å². The van der Waals surface area contributed by atoms with Gasteiger partial charge in [0.05, 0.1) is 17.5 Å². The molecule has 0 aliphatic carbocycles. The Bertz CT molecular complexity index is 687. The maximum Gasteiger partial charge on any atom is 0.279 e. The summed E-state index contributed by atoms with van der Waals surface area (Å²) in [5.41, 5.74) is 0. The van der Waals surface area contributed by atoms with Gasteiger partial charge in [0.15, 0.2) is 11.6 Å². The van der Waals surface area contributed by atoms with Crippen molar-refractivity contribution >= 4 is 31.9 Å². The van der Waals surface area contributed by atoms with Crippen LogP contribution < -0.4 is 9.47 Å². The van der Waals surface area contributed by atoms with E-state index in [0.717, 1.165) is 16.6 Å². The first-order valence-corrected chi connectivity index (χ1v) is 8.93. The van der Waals surface area contributed by atoms with Crippen LogP contribution in [0.1, 0.15) is 13.3 Å². The molecule has 25 heavy (non-hydrogen) atoms. The summed E-state index contributed by atoms with van der Waals surface area (Å²) < 4.78 is 39.8. The molecule has 0 aromatic heterocycles. The molecular weight excluding hydrogens is 466 g/mol. The molecule has 0 fully saturated rings. The lowest BCUT2D eigenvalue weighted by atomic mass is 10.1. The van der Waals surface area contributed by atoms with Crippen molar-refractivity contribution in [3.63, 3.8) is 0 Å². The number of halogens is 4. The van der Waals surface area contributed by atoms with Gasteiger partial charge in [-0.2, -0.15) is 0 Å². The van der Waals surface area contributed by atoms with Crippen LogP contribution in [-0.4, -0.2) is 28.7 Å². The fraction of sp³-hybridized carbons (Fsp3) is 0.294. The number of ether oxygens (including phenoxy) is 2. The second kappa shape index (κ2) is 8.44. The van der Waals surface area contributed by atoms with Crippen LogP contribution in [0.4, 0.5) is 8.78 Å². The molecule has 0 aliphatic rings. The molecule has 2 rings (SSSR count). The van der Waals surface area contributed by atoms with Crippen LogP contribution in [0, 0.1) is 11.6 Å². The van der Waals surface area contributed by atoms with Crippen LogP contribution in [-0.2, 0) is 0 Å². The monoisotopic (exact) mass is 480 g/mol. The third-order valence-corrected chi connectivity index (χ3v) is 4.56. The average molecular weight is 482 g/mol. The Kier molecular flexibility index (Phi) is 6.79. The van der Waals surface area contributed by atoms with Crippen molar-refractivity contribution < 1.29 is 28.5 Å². The minimum Gasteiger partial charge on any atom is -0.448 e. The van der Waals surface area contributed by atoms with Gasteiger partial charge in [-0.25, -0.2) is 8.78 Å². The highest BCUT2D eigenvalue weighted by Crippen LogP contribution is 2.35. The Hall–Kier alpha value is -1.22. The lowest BCUT2D eigenvalue weighted by Crippen LogP contribution is -2.52. The van der Waals surface area contributed by atoms with E-state index in [2.05, 4.69) is 31.9 Å². The van der Waals surface area contributed by atoms with E-state index in [4.69, 9.17) is 9.47 Å². The van der Waals surface area contributed by atoms with Crippen molar-refractivity contribution in [3.8, 4) is 11.5 Å². The first kappa shape index (κ1) is 20.1. The van der Waals surface area contributed by atoms with Crippen molar-refractivity contribution in [1.82, 2.24) is 0 Å². The molecule has 4 nitrogen and oxygen atoms in total. The quantitative estimate of drug-likeness (QED) is 0.575. The molecule has 0 saturated carbocycles. The van der Waals surface area contributed by atoms with Crippen LogP contribution in [0.3, 0.4) is 0 Å². The van der Waals surface area contributed by atoms with Gasteiger partial charge in [0.1, 0.15) is 17.7 Å². The number of aliphatic hydroxyl groups is 2. The van der Waals surface area contributed by atoms with Crippen LogP contribution >= 0.6 is 31.9 Å². The summed E-state index contributed by atoms with van der Waals surface area (Å²) in [6.45, 7) is 1.01. The largest absolute Gasteiger partial charge is 0.448 e. The highest BCUT2D eigenvalue weighted by atomic mass is 79.9. The molecule has 2 aromatic carbocycles. The molecule has 0 aliphatic heterocycles. The van der Waals surface area contributed by atoms with E-state index in [1.54, 1.807) is 18.2 Å². The summed E-state index contributed by atoms with van der Waals surface area (Å²) >= 11 is 6.65. The molecule has 2 N–H and O–H groups in total. The van der Waals surface area contributed by atoms with Gasteiger partial charge >= 0.3 is 0 Å². The summed E-state index contributed by atoms with van der Waals surface area (Å²) in [6, 6.07) is 7.84. The molecular formula is C17H16Br2F2O4. The minimum absolute atomic E-state index is 0.149. The summed E-state index contributed by atoms with van der Waals surface area (Å²) in [5, 5.41) is 19.6. The molecule has 0 amide bonds. The zero-order valence-electron chi connectivity index (χ0n) is 13.2. The van der Waals surface area contributed by atoms with E-state index >= 15 is 0 Å². The van der Waals surface area contributed by atoms with Gasteiger partial charge in [0, 0.05) is 10.5 Å². The lowest BCUT2D eigenvalue weighted by Gasteiger charge is -2.37. The predicted octanol–water partition coefficient (Wildman–Crippen LogP) is 4.41. The highest BCUT2D eigenvalue weighted by molar-refractivity contribution is 9.11. The topological polar surface area (TPSA) is 58.9 Å². The van der Waals surface area contributed by atoms with Crippen LogP contribution in [0.2, 0.25) is 0 Å². The van der Waals surface area contributed by atoms with E-state index in [0.29, 0.717) is 16.3 Å². The molecule has 0 radical (unpaired) electrons. The molecule has 0 heterocycles. The maximum atomic E-state index is 14.0. The zero-order valence-corrected chi connectivity index (χ0v) is 16.4. The summed E-state index contributed by atoms with van der Waals surface area (Å²) in [6.07, 6.45) is -1.39. The van der Waals surface area contributed by atoms with E-state index < -0.39 is 23.5 Å². The molecule has 136 valence electrons. The molecule has 8 heteroatoms. The fourth-order valence-electron chi connectivity index (χ4n) is 2.15. The second-order valence-corrected chi connectivity index (χ2v) is 7.09. The Morgan fingerprint density at radius 1 is 1.08 bits per heavy atom. The van der Waals surface area contributed by atoms with E-state index in [9.17, 15) is 19.0 Å². The smallest absolute Gasteiger partial charge is 0.279 e. The highest BCUT2D eigenvalue weighted by Gasteiger charge is 2.41. The van der Waals surface area contributed by atoms with Crippen molar-refractivity contribution in [2.45, 2.75) is 25.2 Å².